The first-order valence-corrected chi connectivity index (χ1v) is 6.00. The number of carbonyl (C=O) groups excluding carboxylic acids is 2. The third-order valence-corrected chi connectivity index (χ3v) is 2.62. The second-order valence-corrected chi connectivity index (χ2v) is 4.56. The maximum absolute atomic E-state index is 11.8. The number of aromatic hydroxyl groups is 1. The number of primary amides is 1. The Balaban J connectivity index is 2.48. The number of nitrogens with two attached hydrogens (primary N) is 2. The van der Waals surface area contributed by atoms with Crippen molar-refractivity contribution in [2.75, 3.05) is 0 Å². The molecule has 0 saturated heterocycles. The molecule has 0 spiro atoms. The summed E-state index contributed by atoms with van der Waals surface area (Å²) in [6.07, 6.45) is 0.438. The molecule has 0 saturated carbocycles. The van der Waals surface area contributed by atoms with Gasteiger partial charge in [0.2, 0.25) is 11.8 Å². The molecule has 1 aromatic rings. The molecular formula is C13H19N3O3. The second kappa shape index (κ2) is 6.75. The normalized spacial score (nSPS) is 13.6. The number of phenols is 1. The van der Waals surface area contributed by atoms with Gasteiger partial charge in [0, 0.05) is 12.5 Å². The summed E-state index contributed by atoms with van der Waals surface area (Å²) in [7, 11) is 0. The van der Waals surface area contributed by atoms with E-state index in [9.17, 15) is 9.59 Å². The quantitative estimate of drug-likeness (QED) is 0.561. The maximum Gasteiger partial charge on any atom is 0.237 e. The highest BCUT2D eigenvalue weighted by Crippen LogP contribution is 2.10. The van der Waals surface area contributed by atoms with Gasteiger partial charge in [0.05, 0.1) is 6.04 Å². The highest BCUT2D eigenvalue weighted by Gasteiger charge is 2.17. The molecular weight excluding hydrogens is 246 g/mol. The summed E-state index contributed by atoms with van der Waals surface area (Å²) in [4.78, 5) is 22.5. The van der Waals surface area contributed by atoms with Crippen molar-refractivity contribution in [3.63, 3.8) is 0 Å². The van der Waals surface area contributed by atoms with E-state index >= 15 is 0 Å². The number of benzene rings is 1. The molecule has 1 unspecified atom stereocenters. The molecule has 0 aromatic heterocycles. The van der Waals surface area contributed by atoms with Gasteiger partial charge in [0.15, 0.2) is 0 Å². The number of amides is 2. The Morgan fingerprint density at radius 3 is 2.42 bits per heavy atom. The molecule has 2 atom stereocenters. The van der Waals surface area contributed by atoms with Gasteiger partial charge in [0.1, 0.15) is 5.75 Å². The summed E-state index contributed by atoms with van der Waals surface area (Å²) in [6, 6.07) is 5.44. The molecule has 0 fully saturated rings. The van der Waals surface area contributed by atoms with Crippen molar-refractivity contribution in [1.29, 1.82) is 0 Å². The number of phenolic OH excluding ortho intramolecular Hbond substituents is 1. The summed E-state index contributed by atoms with van der Waals surface area (Å²) in [5.41, 5.74) is 11.7. The highest BCUT2D eigenvalue weighted by atomic mass is 16.3. The fourth-order valence-electron chi connectivity index (χ4n) is 1.68. The van der Waals surface area contributed by atoms with Crippen LogP contribution in [0, 0.1) is 0 Å². The van der Waals surface area contributed by atoms with Gasteiger partial charge in [-0.25, -0.2) is 0 Å². The first kappa shape index (κ1) is 15.0. The number of nitrogens with one attached hydrogen (secondary N) is 1. The Labute approximate surface area is 111 Å². The molecule has 0 heterocycles. The maximum atomic E-state index is 11.8. The van der Waals surface area contributed by atoms with Crippen LogP contribution in [0.5, 0.6) is 5.75 Å². The van der Waals surface area contributed by atoms with E-state index < -0.39 is 11.9 Å². The van der Waals surface area contributed by atoms with Crippen molar-refractivity contribution in [1.82, 2.24) is 5.32 Å². The average molecular weight is 265 g/mol. The third-order valence-electron chi connectivity index (χ3n) is 2.62. The fourth-order valence-corrected chi connectivity index (χ4v) is 1.68. The Kier molecular flexibility index (Phi) is 5.32. The topological polar surface area (TPSA) is 118 Å². The average Bonchev–Trinajstić information content (AvgIpc) is 2.30. The van der Waals surface area contributed by atoms with Crippen LogP contribution >= 0.6 is 0 Å². The Bertz CT molecular complexity index is 445. The van der Waals surface area contributed by atoms with Crippen LogP contribution in [0.15, 0.2) is 24.3 Å². The van der Waals surface area contributed by atoms with E-state index in [4.69, 9.17) is 16.6 Å². The van der Waals surface area contributed by atoms with Crippen molar-refractivity contribution >= 4 is 11.8 Å². The minimum absolute atomic E-state index is 0.0810. The number of hydrogen-bond acceptors (Lipinski definition) is 4. The van der Waals surface area contributed by atoms with Gasteiger partial charge in [-0.2, -0.15) is 0 Å². The van der Waals surface area contributed by atoms with Crippen LogP contribution < -0.4 is 16.8 Å². The SMILES string of the molecule is CC(CC(N)=O)NC(=O)[C@H](N)Cc1ccc(O)cc1. The lowest BCUT2D eigenvalue weighted by Gasteiger charge is -2.16. The van der Waals surface area contributed by atoms with E-state index in [0.29, 0.717) is 6.42 Å². The van der Waals surface area contributed by atoms with Gasteiger partial charge in [-0.05, 0) is 31.0 Å². The van der Waals surface area contributed by atoms with Crippen LogP contribution in [0.1, 0.15) is 18.9 Å². The zero-order valence-electron chi connectivity index (χ0n) is 10.8. The van der Waals surface area contributed by atoms with Gasteiger partial charge in [-0.1, -0.05) is 12.1 Å². The van der Waals surface area contributed by atoms with Gasteiger partial charge < -0.3 is 21.9 Å². The van der Waals surface area contributed by atoms with Crippen molar-refractivity contribution in [2.24, 2.45) is 11.5 Å². The van der Waals surface area contributed by atoms with Crippen molar-refractivity contribution in [2.45, 2.75) is 31.8 Å². The van der Waals surface area contributed by atoms with Crippen molar-refractivity contribution in [3.8, 4) is 5.75 Å². The zero-order chi connectivity index (χ0) is 14.4. The minimum Gasteiger partial charge on any atom is -0.508 e. The Morgan fingerprint density at radius 1 is 1.32 bits per heavy atom. The monoisotopic (exact) mass is 265 g/mol. The summed E-state index contributed by atoms with van der Waals surface area (Å²) in [6.45, 7) is 1.69. The van der Waals surface area contributed by atoms with E-state index in [1.54, 1.807) is 19.1 Å². The first-order chi connectivity index (χ1) is 8.88. The number of hydrogen-bond donors (Lipinski definition) is 4. The smallest absolute Gasteiger partial charge is 0.237 e. The van der Waals surface area contributed by atoms with Crippen LogP contribution in [0.25, 0.3) is 0 Å². The zero-order valence-corrected chi connectivity index (χ0v) is 10.8. The summed E-state index contributed by atoms with van der Waals surface area (Å²) in [5.74, 6) is -0.640. The molecule has 0 bridgehead atoms. The highest BCUT2D eigenvalue weighted by molar-refractivity contribution is 5.83. The lowest BCUT2D eigenvalue weighted by Crippen LogP contribution is -2.46. The van der Waals surface area contributed by atoms with Crippen LogP contribution in [0.2, 0.25) is 0 Å². The molecule has 6 heteroatoms. The van der Waals surface area contributed by atoms with Crippen LogP contribution in [-0.4, -0.2) is 29.0 Å². The van der Waals surface area contributed by atoms with Gasteiger partial charge in [-0.3, -0.25) is 9.59 Å². The molecule has 1 rings (SSSR count). The van der Waals surface area contributed by atoms with Crippen molar-refractivity contribution in [3.05, 3.63) is 29.8 Å². The second-order valence-electron chi connectivity index (χ2n) is 4.56. The van der Waals surface area contributed by atoms with Gasteiger partial charge in [0.25, 0.3) is 0 Å². The fraction of sp³-hybridized carbons (Fsp3) is 0.385. The molecule has 1 aromatic carbocycles. The predicted octanol–water partition coefficient (Wildman–Crippen LogP) is -0.358. The van der Waals surface area contributed by atoms with Crippen molar-refractivity contribution < 1.29 is 14.7 Å². The molecule has 0 radical (unpaired) electrons. The van der Waals surface area contributed by atoms with E-state index in [2.05, 4.69) is 5.32 Å². The Morgan fingerprint density at radius 2 is 1.89 bits per heavy atom. The lowest BCUT2D eigenvalue weighted by molar-refractivity contribution is -0.123. The standard InChI is InChI=1S/C13H19N3O3/c1-8(6-12(15)18)16-13(19)11(14)7-9-2-4-10(17)5-3-9/h2-5,8,11,17H,6-7,14H2,1H3,(H2,15,18)(H,16,19)/t8?,11-/m1/s1. The molecule has 2 amide bonds. The molecule has 0 aliphatic carbocycles. The Hall–Kier alpha value is -2.08. The molecule has 0 aliphatic rings. The molecule has 6 N–H and O–H groups in total. The van der Waals surface area contributed by atoms with Gasteiger partial charge >= 0.3 is 0 Å². The predicted molar refractivity (Wildman–Crippen MR) is 71.2 cm³/mol. The first-order valence-electron chi connectivity index (χ1n) is 6.00. The molecule has 104 valence electrons. The minimum atomic E-state index is -0.708. The van der Waals surface area contributed by atoms with E-state index in [1.165, 1.54) is 12.1 Å². The van der Waals surface area contributed by atoms with E-state index in [-0.39, 0.29) is 24.1 Å². The van der Waals surface area contributed by atoms with Crippen LogP contribution in [-0.2, 0) is 16.0 Å². The molecule has 6 nitrogen and oxygen atoms in total. The molecule has 0 aliphatic heterocycles. The summed E-state index contributed by atoms with van der Waals surface area (Å²) in [5, 5.41) is 11.8. The number of rotatable bonds is 6. The summed E-state index contributed by atoms with van der Waals surface area (Å²) >= 11 is 0. The van der Waals surface area contributed by atoms with Crippen LogP contribution in [0.3, 0.4) is 0 Å². The lowest BCUT2D eigenvalue weighted by atomic mass is 10.1. The summed E-state index contributed by atoms with van der Waals surface area (Å²) < 4.78 is 0. The number of carbonyl (C=O) groups is 2. The van der Waals surface area contributed by atoms with E-state index in [1.807, 2.05) is 0 Å². The third kappa shape index (κ3) is 5.39. The largest absolute Gasteiger partial charge is 0.508 e. The molecule has 19 heavy (non-hydrogen) atoms. The van der Waals surface area contributed by atoms with Crippen LogP contribution in [0.4, 0.5) is 0 Å². The van der Waals surface area contributed by atoms with E-state index in [0.717, 1.165) is 5.56 Å². The van der Waals surface area contributed by atoms with Gasteiger partial charge in [-0.15, -0.1) is 0 Å².